The number of aliphatic hydroxyl groups excluding tert-OH is 1. The lowest BCUT2D eigenvalue weighted by atomic mass is 9.35. The topological polar surface area (TPSA) is 63.6 Å². The standard InChI is InChI=1S/C29H36O4/c1-17-9-10-29(25(32)33-6)14-13-27(4)22-8-7-19-18(2)24(31)21(30)16-20(19)26(22,3)11-12-28(27,5)23(29)15-17/h7-8,16,23,31H,1,9-15H2,2-6H3/t23-,26-,27+,28-,29-/m0/s1. The number of carbonyl (C=O) groups is 2. The van der Waals surface area contributed by atoms with E-state index in [0.717, 1.165) is 56.1 Å². The molecule has 0 radical (unpaired) electrons. The number of esters is 1. The van der Waals surface area contributed by atoms with Crippen molar-refractivity contribution in [2.45, 2.75) is 72.6 Å². The van der Waals surface area contributed by atoms with E-state index in [1.807, 2.05) is 6.92 Å². The minimum atomic E-state index is -0.431. The van der Waals surface area contributed by atoms with E-state index in [2.05, 4.69) is 39.5 Å². The lowest BCUT2D eigenvalue weighted by Crippen LogP contribution is -2.63. The van der Waals surface area contributed by atoms with E-state index < -0.39 is 5.41 Å². The van der Waals surface area contributed by atoms with E-state index in [-0.39, 0.29) is 39.7 Å². The van der Waals surface area contributed by atoms with Gasteiger partial charge < -0.3 is 9.84 Å². The predicted octanol–water partition coefficient (Wildman–Crippen LogP) is 6.32. The number of aliphatic hydroxyl groups is 1. The summed E-state index contributed by atoms with van der Waals surface area (Å²) in [5.74, 6) is -0.287. The van der Waals surface area contributed by atoms with Crippen LogP contribution in [-0.4, -0.2) is 24.0 Å². The third kappa shape index (κ3) is 2.58. The normalized spacial score (nSPS) is 42.2. The molecule has 0 heterocycles. The Balaban J connectivity index is 1.67. The molecule has 5 aliphatic carbocycles. The van der Waals surface area contributed by atoms with E-state index in [9.17, 15) is 14.7 Å². The third-order valence-corrected chi connectivity index (χ3v) is 10.7. The molecule has 0 aliphatic heterocycles. The number of hydrogen-bond donors (Lipinski definition) is 1. The van der Waals surface area contributed by atoms with Gasteiger partial charge in [0, 0.05) is 11.0 Å². The Labute approximate surface area is 197 Å². The van der Waals surface area contributed by atoms with E-state index in [1.165, 1.54) is 18.3 Å². The van der Waals surface area contributed by atoms with Gasteiger partial charge >= 0.3 is 5.97 Å². The van der Waals surface area contributed by atoms with Gasteiger partial charge in [0.2, 0.25) is 5.78 Å². The van der Waals surface area contributed by atoms with Crippen molar-refractivity contribution in [1.82, 2.24) is 0 Å². The molecule has 0 spiro atoms. The second-order valence-corrected chi connectivity index (χ2v) is 11.8. The lowest BCUT2D eigenvalue weighted by molar-refractivity contribution is -0.185. The van der Waals surface area contributed by atoms with Gasteiger partial charge in [-0.3, -0.25) is 9.59 Å². The molecule has 0 bridgehead atoms. The smallest absolute Gasteiger partial charge is 0.312 e. The van der Waals surface area contributed by atoms with Crippen molar-refractivity contribution in [1.29, 1.82) is 0 Å². The van der Waals surface area contributed by atoms with Crippen LogP contribution in [0.3, 0.4) is 0 Å². The zero-order chi connectivity index (χ0) is 24.0. The first-order valence-corrected chi connectivity index (χ1v) is 12.3. The molecule has 4 heteroatoms. The van der Waals surface area contributed by atoms with Gasteiger partial charge in [0.15, 0.2) is 5.76 Å². The molecule has 3 saturated carbocycles. The first-order valence-electron chi connectivity index (χ1n) is 12.3. The average molecular weight is 449 g/mol. The second-order valence-electron chi connectivity index (χ2n) is 11.8. The maximum Gasteiger partial charge on any atom is 0.312 e. The number of hydrogen-bond acceptors (Lipinski definition) is 4. The Hall–Kier alpha value is -2.36. The van der Waals surface area contributed by atoms with Crippen LogP contribution in [0.25, 0.3) is 0 Å². The number of ketones is 1. The summed E-state index contributed by atoms with van der Waals surface area (Å²) < 4.78 is 5.41. The molecule has 176 valence electrons. The Bertz CT molecular complexity index is 1120. The Morgan fingerprint density at radius 2 is 1.85 bits per heavy atom. The SMILES string of the molecule is C=C1CC[C@]2(C(=O)OC)CC[C@]3(C)C4=CC=C5C(=CC(=O)C(O)=C5C)[C@]4(C)CC[C@@]3(C)[C@@H]2C1. The highest BCUT2D eigenvalue weighted by Crippen LogP contribution is 2.74. The number of fused-ring (bicyclic) bond motifs is 7. The van der Waals surface area contributed by atoms with Crippen LogP contribution in [0.4, 0.5) is 0 Å². The predicted molar refractivity (Wildman–Crippen MR) is 128 cm³/mol. The fourth-order valence-electron chi connectivity index (χ4n) is 8.41. The third-order valence-electron chi connectivity index (χ3n) is 10.7. The van der Waals surface area contributed by atoms with Gasteiger partial charge in [-0.15, -0.1) is 0 Å². The van der Waals surface area contributed by atoms with Crippen molar-refractivity contribution in [2.24, 2.45) is 27.6 Å². The monoisotopic (exact) mass is 448 g/mol. The molecule has 4 nitrogen and oxygen atoms in total. The molecule has 0 aromatic heterocycles. The lowest BCUT2D eigenvalue weighted by Gasteiger charge is -2.68. The first kappa shape index (κ1) is 22.4. The summed E-state index contributed by atoms with van der Waals surface area (Å²) in [7, 11) is 1.53. The minimum absolute atomic E-state index is 0.0479. The number of ether oxygens (including phenoxy) is 1. The molecule has 0 saturated heterocycles. The van der Waals surface area contributed by atoms with Gasteiger partial charge in [-0.25, -0.2) is 0 Å². The molecule has 0 aromatic rings. The molecule has 5 rings (SSSR count). The fraction of sp³-hybridized carbons (Fsp3) is 0.586. The molecule has 5 atom stereocenters. The van der Waals surface area contributed by atoms with Crippen LogP contribution in [0.1, 0.15) is 72.6 Å². The van der Waals surface area contributed by atoms with Crippen LogP contribution in [0, 0.1) is 27.6 Å². The largest absolute Gasteiger partial charge is 0.504 e. The minimum Gasteiger partial charge on any atom is -0.504 e. The van der Waals surface area contributed by atoms with Crippen LogP contribution < -0.4 is 0 Å². The Kier molecular flexibility index (Phi) is 4.65. The maximum absolute atomic E-state index is 13.2. The van der Waals surface area contributed by atoms with Crippen molar-refractivity contribution in [3.8, 4) is 0 Å². The van der Waals surface area contributed by atoms with Gasteiger partial charge in [0.1, 0.15) is 0 Å². The van der Waals surface area contributed by atoms with E-state index in [1.54, 1.807) is 6.08 Å². The van der Waals surface area contributed by atoms with Gasteiger partial charge in [0.05, 0.1) is 12.5 Å². The van der Waals surface area contributed by atoms with Crippen molar-refractivity contribution in [3.05, 3.63) is 58.4 Å². The summed E-state index contributed by atoms with van der Waals surface area (Å²) in [6.07, 6.45) is 12.3. The van der Waals surface area contributed by atoms with Crippen molar-refractivity contribution >= 4 is 11.8 Å². The number of carbonyl (C=O) groups excluding carboxylic acids is 2. The number of allylic oxidation sites excluding steroid dienone is 8. The maximum atomic E-state index is 13.2. The van der Waals surface area contributed by atoms with Crippen LogP contribution in [0.5, 0.6) is 0 Å². The van der Waals surface area contributed by atoms with Gasteiger partial charge in [-0.2, -0.15) is 0 Å². The van der Waals surface area contributed by atoms with Gasteiger partial charge in [-0.1, -0.05) is 50.6 Å². The summed E-state index contributed by atoms with van der Waals surface area (Å²) in [5, 5.41) is 10.3. The first-order chi connectivity index (χ1) is 15.4. The Morgan fingerprint density at radius 3 is 2.55 bits per heavy atom. The average Bonchev–Trinajstić information content (AvgIpc) is 2.79. The number of methoxy groups -OCH3 is 1. The molecule has 0 unspecified atom stereocenters. The van der Waals surface area contributed by atoms with E-state index in [4.69, 9.17) is 4.74 Å². The highest BCUT2D eigenvalue weighted by atomic mass is 16.5. The van der Waals surface area contributed by atoms with E-state index >= 15 is 0 Å². The zero-order valence-electron chi connectivity index (χ0n) is 20.6. The molecule has 5 aliphatic rings. The Morgan fingerprint density at radius 1 is 1.12 bits per heavy atom. The zero-order valence-corrected chi connectivity index (χ0v) is 20.6. The highest BCUT2D eigenvalue weighted by Gasteiger charge is 2.68. The molecule has 1 N–H and O–H groups in total. The number of rotatable bonds is 1. The van der Waals surface area contributed by atoms with Crippen molar-refractivity contribution in [3.63, 3.8) is 0 Å². The molecule has 33 heavy (non-hydrogen) atoms. The summed E-state index contributed by atoms with van der Waals surface area (Å²) in [4.78, 5) is 25.8. The molecule has 0 aromatic carbocycles. The van der Waals surface area contributed by atoms with Gasteiger partial charge in [0.25, 0.3) is 0 Å². The van der Waals surface area contributed by atoms with Crippen LogP contribution >= 0.6 is 0 Å². The quantitative estimate of drug-likeness (QED) is 0.377. The van der Waals surface area contributed by atoms with Crippen molar-refractivity contribution < 1.29 is 19.4 Å². The second kappa shape index (κ2) is 6.84. The highest BCUT2D eigenvalue weighted by molar-refractivity contribution is 6.06. The summed E-state index contributed by atoms with van der Waals surface area (Å²) >= 11 is 0. The summed E-state index contributed by atoms with van der Waals surface area (Å²) in [5.41, 5.74) is 4.44. The van der Waals surface area contributed by atoms with Crippen molar-refractivity contribution in [2.75, 3.05) is 7.11 Å². The fourth-order valence-corrected chi connectivity index (χ4v) is 8.41. The van der Waals surface area contributed by atoms with Crippen LogP contribution in [0.2, 0.25) is 0 Å². The van der Waals surface area contributed by atoms with Crippen LogP contribution in [0.15, 0.2) is 58.4 Å². The van der Waals surface area contributed by atoms with Crippen LogP contribution in [-0.2, 0) is 14.3 Å². The molecule has 0 amide bonds. The molecule has 3 fully saturated rings. The molecular formula is C29H36O4. The van der Waals surface area contributed by atoms with Gasteiger partial charge in [-0.05, 0) is 85.8 Å². The molecular weight excluding hydrogens is 412 g/mol. The summed E-state index contributed by atoms with van der Waals surface area (Å²) in [6.45, 7) is 13.2. The summed E-state index contributed by atoms with van der Waals surface area (Å²) in [6, 6.07) is 0. The van der Waals surface area contributed by atoms with E-state index in [0.29, 0.717) is 5.57 Å².